The molecule has 0 bridgehead atoms. The molecule has 0 saturated heterocycles. The van der Waals surface area contributed by atoms with Crippen LogP contribution >= 0.6 is 12.4 Å². The SMILES string of the molecule is Cc1ccc(F)c(C(=O)NC2CCC(N)CC2)c1.Cl. The Morgan fingerprint density at radius 2 is 1.95 bits per heavy atom. The second-order valence-corrected chi connectivity index (χ2v) is 5.07. The van der Waals surface area contributed by atoms with E-state index in [4.69, 9.17) is 5.73 Å². The summed E-state index contributed by atoms with van der Waals surface area (Å²) < 4.78 is 13.6. The van der Waals surface area contributed by atoms with Crippen molar-refractivity contribution < 1.29 is 9.18 Å². The van der Waals surface area contributed by atoms with Gasteiger partial charge in [0.15, 0.2) is 0 Å². The summed E-state index contributed by atoms with van der Waals surface area (Å²) in [7, 11) is 0. The molecule has 3 nitrogen and oxygen atoms in total. The number of aryl methyl sites for hydroxylation is 1. The number of halogens is 2. The van der Waals surface area contributed by atoms with Gasteiger partial charge in [0.25, 0.3) is 5.91 Å². The van der Waals surface area contributed by atoms with Gasteiger partial charge in [-0.05, 0) is 44.7 Å². The highest BCUT2D eigenvalue weighted by Crippen LogP contribution is 2.18. The first-order valence-corrected chi connectivity index (χ1v) is 6.39. The third-order valence-electron chi connectivity index (χ3n) is 3.47. The van der Waals surface area contributed by atoms with E-state index in [-0.39, 0.29) is 36.0 Å². The van der Waals surface area contributed by atoms with Crippen LogP contribution in [-0.2, 0) is 0 Å². The average Bonchev–Trinajstić information content (AvgIpc) is 2.35. The predicted molar refractivity (Wildman–Crippen MR) is 76.1 cm³/mol. The summed E-state index contributed by atoms with van der Waals surface area (Å²) in [6, 6.07) is 4.94. The Hall–Kier alpha value is -1.13. The Labute approximate surface area is 119 Å². The molecule has 5 heteroatoms. The van der Waals surface area contributed by atoms with Crippen LogP contribution in [0.4, 0.5) is 4.39 Å². The lowest BCUT2D eigenvalue weighted by atomic mass is 9.91. The molecule has 1 aliphatic carbocycles. The molecule has 0 atom stereocenters. The number of hydrogen-bond acceptors (Lipinski definition) is 2. The van der Waals surface area contributed by atoms with Gasteiger partial charge in [-0.3, -0.25) is 4.79 Å². The van der Waals surface area contributed by atoms with Crippen LogP contribution in [0.3, 0.4) is 0 Å². The van der Waals surface area contributed by atoms with Gasteiger partial charge in [0, 0.05) is 12.1 Å². The van der Waals surface area contributed by atoms with Gasteiger partial charge >= 0.3 is 0 Å². The van der Waals surface area contributed by atoms with Crippen molar-refractivity contribution in [3.05, 3.63) is 35.1 Å². The fourth-order valence-corrected chi connectivity index (χ4v) is 2.34. The Kier molecular flexibility index (Phi) is 5.76. The minimum atomic E-state index is -0.467. The summed E-state index contributed by atoms with van der Waals surface area (Å²) in [5, 5.41) is 2.89. The number of nitrogens with two attached hydrogens (primary N) is 1. The molecule has 0 spiro atoms. The molecule has 0 aromatic heterocycles. The van der Waals surface area contributed by atoms with E-state index < -0.39 is 5.82 Å². The van der Waals surface area contributed by atoms with Crippen LogP contribution in [0, 0.1) is 12.7 Å². The number of nitrogens with one attached hydrogen (secondary N) is 1. The highest BCUT2D eigenvalue weighted by atomic mass is 35.5. The van der Waals surface area contributed by atoms with Gasteiger partial charge in [0.05, 0.1) is 5.56 Å². The zero-order chi connectivity index (χ0) is 13.1. The van der Waals surface area contributed by atoms with E-state index in [1.807, 2.05) is 6.92 Å². The number of benzene rings is 1. The quantitative estimate of drug-likeness (QED) is 0.878. The van der Waals surface area contributed by atoms with Gasteiger partial charge in [0.1, 0.15) is 5.82 Å². The number of hydrogen-bond donors (Lipinski definition) is 2. The third-order valence-corrected chi connectivity index (χ3v) is 3.47. The van der Waals surface area contributed by atoms with Crippen LogP contribution < -0.4 is 11.1 Å². The van der Waals surface area contributed by atoms with Crippen molar-refractivity contribution in [3.8, 4) is 0 Å². The molecule has 3 N–H and O–H groups in total. The predicted octanol–water partition coefficient (Wildman–Crippen LogP) is 2.56. The van der Waals surface area contributed by atoms with E-state index in [2.05, 4.69) is 5.32 Å². The smallest absolute Gasteiger partial charge is 0.254 e. The van der Waals surface area contributed by atoms with E-state index in [1.165, 1.54) is 6.07 Å². The maximum absolute atomic E-state index is 13.6. The number of carbonyl (C=O) groups is 1. The monoisotopic (exact) mass is 286 g/mol. The molecule has 1 aromatic rings. The first-order chi connectivity index (χ1) is 8.56. The van der Waals surface area contributed by atoms with E-state index in [9.17, 15) is 9.18 Å². The van der Waals surface area contributed by atoms with Crippen LogP contribution in [0.2, 0.25) is 0 Å². The molecule has 0 aliphatic heterocycles. The first kappa shape index (κ1) is 15.9. The van der Waals surface area contributed by atoms with Crippen LogP contribution in [0.5, 0.6) is 0 Å². The van der Waals surface area contributed by atoms with Crippen molar-refractivity contribution in [2.24, 2.45) is 5.73 Å². The molecule has 1 amide bonds. The number of amides is 1. The van der Waals surface area contributed by atoms with E-state index in [0.717, 1.165) is 31.2 Å². The summed E-state index contributed by atoms with van der Waals surface area (Å²) in [5.41, 5.74) is 6.82. The first-order valence-electron chi connectivity index (χ1n) is 6.39. The molecule has 106 valence electrons. The van der Waals surface area contributed by atoms with Crippen LogP contribution in [0.15, 0.2) is 18.2 Å². The van der Waals surface area contributed by atoms with Gasteiger partial charge in [-0.15, -0.1) is 12.4 Å². The fourth-order valence-electron chi connectivity index (χ4n) is 2.34. The minimum Gasteiger partial charge on any atom is -0.349 e. The van der Waals surface area contributed by atoms with Crippen LogP contribution in [0.25, 0.3) is 0 Å². The highest BCUT2D eigenvalue weighted by Gasteiger charge is 2.21. The third kappa shape index (κ3) is 4.18. The molecule has 1 aliphatic rings. The van der Waals surface area contributed by atoms with Crippen molar-refractivity contribution in [1.29, 1.82) is 0 Å². The Bertz CT molecular complexity index is 445. The molecular weight excluding hydrogens is 267 g/mol. The molecular formula is C14H20ClFN2O. The molecule has 2 rings (SSSR count). The summed E-state index contributed by atoms with van der Waals surface area (Å²) in [4.78, 5) is 12.0. The maximum Gasteiger partial charge on any atom is 0.254 e. The molecule has 1 saturated carbocycles. The van der Waals surface area contributed by atoms with Gasteiger partial charge in [-0.2, -0.15) is 0 Å². The zero-order valence-corrected chi connectivity index (χ0v) is 11.8. The summed E-state index contributed by atoms with van der Waals surface area (Å²) in [5.74, 6) is -0.790. The van der Waals surface area contributed by atoms with Crippen molar-refractivity contribution in [2.75, 3.05) is 0 Å². The van der Waals surface area contributed by atoms with Crippen molar-refractivity contribution in [2.45, 2.75) is 44.7 Å². The van der Waals surface area contributed by atoms with Crippen molar-refractivity contribution in [3.63, 3.8) is 0 Å². The fraction of sp³-hybridized carbons (Fsp3) is 0.500. The van der Waals surface area contributed by atoms with Crippen molar-refractivity contribution in [1.82, 2.24) is 5.32 Å². The molecule has 0 heterocycles. The zero-order valence-electron chi connectivity index (χ0n) is 11.0. The standard InChI is InChI=1S/C14H19FN2O.ClH/c1-9-2-7-13(15)12(8-9)14(18)17-11-5-3-10(16)4-6-11;/h2,7-8,10-11H,3-6,16H2,1H3,(H,17,18);1H. The van der Waals surface area contributed by atoms with Gasteiger partial charge in [0.2, 0.25) is 0 Å². The topological polar surface area (TPSA) is 55.1 Å². The second-order valence-electron chi connectivity index (χ2n) is 5.07. The van der Waals surface area contributed by atoms with Gasteiger partial charge in [-0.1, -0.05) is 11.6 Å². The molecule has 19 heavy (non-hydrogen) atoms. The summed E-state index contributed by atoms with van der Waals surface area (Å²) in [6.07, 6.45) is 3.59. The lowest BCUT2D eigenvalue weighted by molar-refractivity contribution is 0.0921. The lowest BCUT2D eigenvalue weighted by Crippen LogP contribution is -2.40. The number of rotatable bonds is 2. The van der Waals surface area contributed by atoms with E-state index in [1.54, 1.807) is 12.1 Å². The van der Waals surface area contributed by atoms with Crippen molar-refractivity contribution >= 4 is 18.3 Å². The van der Waals surface area contributed by atoms with E-state index >= 15 is 0 Å². The number of carbonyl (C=O) groups excluding carboxylic acids is 1. The van der Waals surface area contributed by atoms with Crippen LogP contribution in [0.1, 0.15) is 41.6 Å². The molecule has 1 aromatic carbocycles. The Morgan fingerprint density at radius 3 is 2.58 bits per heavy atom. The summed E-state index contributed by atoms with van der Waals surface area (Å²) >= 11 is 0. The van der Waals surface area contributed by atoms with Gasteiger partial charge < -0.3 is 11.1 Å². The van der Waals surface area contributed by atoms with E-state index in [0.29, 0.717) is 0 Å². The minimum absolute atomic E-state index is 0. The average molecular weight is 287 g/mol. The maximum atomic E-state index is 13.6. The highest BCUT2D eigenvalue weighted by molar-refractivity contribution is 5.94. The Morgan fingerprint density at radius 1 is 1.32 bits per heavy atom. The normalized spacial score (nSPS) is 22.5. The second kappa shape index (κ2) is 6.87. The molecule has 0 unspecified atom stereocenters. The lowest BCUT2D eigenvalue weighted by Gasteiger charge is -2.26. The molecule has 0 radical (unpaired) electrons. The molecule has 1 fully saturated rings. The van der Waals surface area contributed by atoms with Gasteiger partial charge in [-0.25, -0.2) is 4.39 Å². The van der Waals surface area contributed by atoms with Crippen LogP contribution in [-0.4, -0.2) is 18.0 Å². The Balaban J connectivity index is 0.00000180. The largest absolute Gasteiger partial charge is 0.349 e. The summed E-state index contributed by atoms with van der Waals surface area (Å²) in [6.45, 7) is 1.84.